The highest BCUT2D eigenvalue weighted by Crippen LogP contribution is 2.39. The van der Waals surface area contributed by atoms with Crippen LogP contribution in [-0.4, -0.2) is 36.3 Å². The van der Waals surface area contributed by atoms with Crippen molar-refractivity contribution in [3.05, 3.63) is 83.7 Å². The van der Waals surface area contributed by atoms with Crippen LogP contribution in [0.15, 0.2) is 66.9 Å². The van der Waals surface area contributed by atoms with Crippen molar-refractivity contribution in [3.63, 3.8) is 0 Å². The Balaban J connectivity index is 1.40. The second-order valence-electron chi connectivity index (χ2n) is 8.51. The third-order valence-corrected chi connectivity index (χ3v) is 7.93. The summed E-state index contributed by atoms with van der Waals surface area (Å²) in [6.45, 7) is 0.343. The van der Waals surface area contributed by atoms with Crippen molar-refractivity contribution in [2.45, 2.75) is 30.6 Å². The van der Waals surface area contributed by atoms with Gasteiger partial charge in [0.25, 0.3) is 5.91 Å². The summed E-state index contributed by atoms with van der Waals surface area (Å²) >= 11 is 0. The first-order valence-electron chi connectivity index (χ1n) is 10.9. The lowest BCUT2D eigenvalue weighted by molar-refractivity contribution is 0.0503. The van der Waals surface area contributed by atoms with Crippen molar-refractivity contribution in [1.29, 1.82) is 0 Å². The molecule has 1 aliphatic heterocycles. The number of hydrogen-bond donors (Lipinski definition) is 2. The highest BCUT2D eigenvalue weighted by atomic mass is 32.2. The molecule has 2 aromatic carbocycles. The maximum absolute atomic E-state index is 12.8. The molecule has 1 aromatic heterocycles. The van der Waals surface area contributed by atoms with Gasteiger partial charge in [0.2, 0.25) is 10.0 Å². The minimum Gasteiger partial charge on any atom is -0.493 e. The number of nitrogens with one attached hydrogen (secondary N) is 1. The summed E-state index contributed by atoms with van der Waals surface area (Å²) < 4.78 is 32.6. The number of fused-ring (bicyclic) bond motifs is 1. The number of nitrogens with zero attached hydrogens (tertiary/aromatic N) is 1. The van der Waals surface area contributed by atoms with Gasteiger partial charge in [-0.15, -0.1) is 0 Å². The molecular formula is C25H24N2O5S. The Kier molecular flexibility index (Phi) is 5.64. The van der Waals surface area contributed by atoms with E-state index in [9.17, 15) is 18.3 Å². The van der Waals surface area contributed by atoms with Crippen molar-refractivity contribution in [2.24, 2.45) is 5.92 Å². The summed E-state index contributed by atoms with van der Waals surface area (Å²) in [6.07, 6.45) is 2.79. The Bertz CT molecular complexity index is 1290. The summed E-state index contributed by atoms with van der Waals surface area (Å²) in [7, 11) is -3.65. The van der Waals surface area contributed by atoms with Crippen LogP contribution in [0.4, 0.5) is 0 Å². The van der Waals surface area contributed by atoms with Crippen LogP contribution in [0.3, 0.4) is 0 Å². The summed E-state index contributed by atoms with van der Waals surface area (Å²) in [6, 6.07) is 18.0. The molecule has 2 N–H and O–H groups in total. The Labute approximate surface area is 192 Å². The molecule has 8 heteroatoms. The normalized spacial score (nSPS) is 19.9. The minimum atomic E-state index is -3.65. The summed E-state index contributed by atoms with van der Waals surface area (Å²) in [5, 5.41) is 10.5. The molecule has 1 amide bonds. The topological polar surface area (TPSA) is 106 Å². The maximum Gasteiger partial charge on any atom is 0.265 e. The second-order valence-corrected chi connectivity index (χ2v) is 10.5. The first kappa shape index (κ1) is 21.6. The number of rotatable bonds is 6. The highest BCUT2D eigenvalue weighted by Gasteiger charge is 2.37. The van der Waals surface area contributed by atoms with E-state index in [1.54, 1.807) is 42.6 Å². The van der Waals surface area contributed by atoms with E-state index in [0.717, 1.165) is 5.69 Å². The van der Waals surface area contributed by atoms with E-state index >= 15 is 0 Å². The number of sulfonamides is 1. The predicted molar refractivity (Wildman–Crippen MR) is 123 cm³/mol. The molecule has 5 rings (SSSR count). The van der Waals surface area contributed by atoms with Gasteiger partial charge in [0.15, 0.2) is 0 Å². The first-order valence-corrected chi connectivity index (χ1v) is 12.5. The monoisotopic (exact) mass is 464 g/mol. The maximum atomic E-state index is 12.8. The van der Waals surface area contributed by atoms with Gasteiger partial charge in [0, 0.05) is 28.9 Å². The first-order chi connectivity index (χ1) is 15.9. The van der Waals surface area contributed by atoms with Crippen molar-refractivity contribution in [2.75, 3.05) is 6.61 Å². The van der Waals surface area contributed by atoms with Gasteiger partial charge in [-0.05, 0) is 54.7 Å². The van der Waals surface area contributed by atoms with Crippen LogP contribution in [-0.2, 0) is 16.4 Å². The number of aliphatic hydroxyl groups is 1. The minimum absolute atomic E-state index is 0.121. The number of hydrogen-bond acceptors (Lipinski definition) is 6. The fraction of sp³-hybridized carbons (Fsp3) is 0.280. The van der Waals surface area contributed by atoms with Gasteiger partial charge in [0.1, 0.15) is 5.75 Å². The molecule has 0 unspecified atom stereocenters. The lowest BCUT2D eigenvalue weighted by Crippen LogP contribution is -2.33. The average molecular weight is 465 g/mol. The van der Waals surface area contributed by atoms with E-state index in [4.69, 9.17) is 4.74 Å². The van der Waals surface area contributed by atoms with Crippen molar-refractivity contribution >= 4 is 15.9 Å². The molecule has 1 fully saturated rings. The van der Waals surface area contributed by atoms with Crippen LogP contribution >= 0.6 is 0 Å². The number of pyridine rings is 1. The Hall–Kier alpha value is -3.23. The number of aliphatic hydroxyl groups excluding tert-OH is 1. The molecule has 2 atom stereocenters. The summed E-state index contributed by atoms with van der Waals surface area (Å²) in [5.74, 6) is -0.214. The van der Waals surface area contributed by atoms with Crippen molar-refractivity contribution < 1.29 is 23.1 Å². The Morgan fingerprint density at radius 1 is 1.09 bits per heavy atom. The molecule has 1 aliphatic carbocycles. The molecule has 0 spiro atoms. The quantitative estimate of drug-likeness (QED) is 0.580. The smallest absolute Gasteiger partial charge is 0.265 e. The molecular weight excluding hydrogens is 440 g/mol. The van der Waals surface area contributed by atoms with Gasteiger partial charge in [0.05, 0.1) is 18.0 Å². The van der Waals surface area contributed by atoms with E-state index in [1.165, 1.54) is 0 Å². The van der Waals surface area contributed by atoms with Crippen LogP contribution in [0.1, 0.15) is 40.6 Å². The molecule has 1 saturated carbocycles. The van der Waals surface area contributed by atoms with E-state index in [2.05, 4.69) is 9.71 Å². The summed E-state index contributed by atoms with van der Waals surface area (Å²) in [5.41, 5.74) is 3.15. The number of aromatic nitrogens is 1. The standard InChI is InChI=1S/C25H24N2O5S/c28-24-17(13-18-5-3-4-12-26-18)15-32-23-14-16(8-11-22(23)24)20-6-1-2-7-21(20)25(29)27-33(30,31)19-9-10-19/h1-8,11-12,14,17,19,24,28H,9-10,13,15H2,(H,27,29)/t17-,24+/m1/s1. The van der Waals surface area contributed by atoms with Gasteiger partial charge in [-0.1, -0.05) is 36.4 Å². The number of amides is 1. The fourth-order valence-corrected chi connectivity index (χ4v) is 5.44. The van der Waals surface area contributed by atoms with Crippen molar-refractivity contribution in [3.8, 4) is 16.9 Å². The molecule has 3 aromatic rings. The lowest BCUT2D eigenvalue weighted by Gasteiger charge is -2.30. The van der Waals surface area contributed by atoms with Crippen LogP contribution in [0.2, 0.25) is 0 Å². The molecule has 2 heterocycles. The number of benzene rings is 2. The van der Waals surface area contributed by atoms with Gasteiger partial charge in [-0.3, -0.25) is 9.78 Å². The van der Waals surface area contributed by atoms with E-state index in [1.807, 2.05) is 24.3 Å². The number of carbonyl (C=O) groups is 1. The molecule has 33 heavy (non-hydrogen) atoms. The predicted octanol–water partition coefficient (Wildman–Crippen LogP) is 3.26. The van der Waals surface area contributed by atoms with E-state index in [-0.39, 0.29) is 11.5 Å². The fourth-order valence-electron chi connectivity index (χ4n) is 4.15. The van der Waals surface area contributed by atoms with Crippen LogP contribution < -0.4 is 9.46 Å². The molecule has 0 radical (unpaired) electrons. The van der Waals surface area contributed by atoms with Crippen LogP contribution in [0.25, 0.3) is 11.1 Å². The SMILES string of the molecule is O=C(NS(=O)(=O)C1CC1)c1ccccc1-c1ccc2c(c1)OC[C@@H](Cc1ccccn1)[C@@H]2O. The third kappa shape index (κ3) is 4.49. The average Bonchev–Trinajstić information content (AvgIpc) is 3.68. The van der Waals surface area contributed by atoms with Crippen LogP contribution in [0, 0.1) is 5.92 Å². The number of carbonyl (C=O) groups excluding carboxylic acids is 1. The zero-order valence-electron chi connectivity index (χ0n) is 17.8. The zero-order valence-corrected chi connectivity index (χ0v) is 18.7. The molecule has 170 valence electrons. The van der Waals surface area contributed by atoms with Gasteiger partial charge in [-0.2, -0.15) is 0 Å². The van der Waals surface area contributed by atoms with E-state index < -0.39 is 27.3 Å². The summed E-state index contributed by atoms with van der Waals surface area (Å²) in [4.78, 5) is 17.1. The Morgan fingerprint density at radius 3 is 2.64 bits per heavy atom. The highest BCUT2D eigenvalue weighted by molar-refractivity contribution is 7.91. The second kappa shape index (κ2) is 8.61. The van der Waals surface area contributed by atoms with Gasteiger partial charge in [-0.25, -0.2) is 13.1 Å². The van der Waals surface area contributed by atoms with Crippen LogP contribution in [0.5, 0.6) is 5.75 Å². The van der Waals surface area contributed by atoms with Crippen molar-refractivity contribution in [1.82, 2.24) is 9.71 Å². The Morgan fingerprint density at radius 2 is 1.88 bits per heavy atom. The van der Waals surface area contributed by atoms with Gasteiger partial charge < -0.3 is 9.84 Å². The van der Waals surface area contributed by atoms with Gasteiger partial charge >= 0.3 is 0 Å². The molecule has 0 bridgehead atoms. The third-order valence-electron chi connectivity index (χ3n) is 6.11. The molecule has 0 saturated heterocycles. The lowest BCUT2D eigenvalue weighted by atomic mass is 9.88. The molecule has 7 nitrogen and oxygen atoms in total. The zero-order chi connectivity index (χ0) is 23.0. The van der Waals surface area contributed by atoms with E-state index in [0.29, 0.717) is 48.3 Å². The molecule has 2 aliphatic rings. The number of ether oxygens (including phenoxy) is 1. The largest absolute Gasteiger partial charge is 0.493 e.